The van der Waals surface area contributed by atoms with Crippen LogP contribution in [0.2, 0.25) is 0 Å². The Morgan fingerprint density at radius 3 is 2.52 bits per heavy atom. The molecule has 0 fully saturated rings. The van der Waals surface area contributed by atoms with Crippen molar-refractivity contribution in [3.63, 3.8) is 0 Å². The van der Waals surface area contributed by atoms with Crippen LogP contribution in [0.4, 0.5) is 0 Å². The van der Waals surface area contributed by atoms with Crippen LogP contribution in [0.1, 0.15) is 33.3 Å². The van der Waals surface area contributed by atoms with Crippen molar-refractivity contribution in [2.75, 3.05) is 20.3 Å². The van der Waals surface area contributed by atoms with Gasteiger partial charge in [0, 0.05) is 12.1 Å². The SMILES string of the molecule is CCOc1ccc(CNCC(=O)NC(C)(C)C)cc1OC. The van der Waals surface area contributed by atoms with Gasteiger partial charge in [0.1, 0.15) is 0 Å². The molecule has 1 aromatic rings. The van der Waals surface area contributed by atoms with Crippen LogP contribution < -0.4 is 20.1 Å². The fourth-order valence-electron chi connectivity index (χ4n) is 1.88. The first-order valence-electron chi connectivity index (χ1n) is 7.17. The molecule has 0 bridgehead atoms. The first-order valence-corrected chi connectivity index (χ1v) is 7.17. The maximum atomic E-state index is 11.7. The molecule has 0 aliphatic heterocycles. The van der Waals surface area contributed by atoms with Crippen molar-refractivity contribution < 1.29 is 14.3 Å². The summed E-state index contributed by atoms with van der Waals surface area (Å²) in [4.78, 5) is 11.7. The van der Waals surface area contributed by atoms with E-state index in [1.807, 2.05) is 45.9 Å². The van der Waals surface area contributed by atoms with Gasteiger partial charge in [-0.05, 0) is 45.4 Å². The second-order valence-corrected chi connectivity index (χ2v) is 5.82. The molecule has 0 saturated heterocycles. The fourth-order valence-corrected chi connectivity index (χ4v) is 1.88. The zero-order chi connectivity index (χ0) is 15.9. The third-order valence-electron chi connectivity index (χ3n) is 2.66. The van der Waals surface area contributed by atoms with Gasteiger partial charge in [0.15, 0.2) is 11.5 Å². The van der Waals surface area contributed by atoms with E-state index in [0.29, 0.717) is 18.9 Å². The van der Waals surface area contributed by atoms with Crippen LogP contribution >= 0.6 is 0 Å². The maximum Gasteiger partial charge on any atom is 0.234 e. The zero-order valence-corrected chi connectivity index (χ0v) is 13.6. The standard InChI is InChI=1S/C16H26N2O3/c1-6-21-13-8-7-12(9-14(13)20-5)10-17-11-15(19)18-16(2,3)4/h7-9,17H,6,10-11H2,1-5H3,(H,18,19). The normalized spacial score (nSPS) is 11.1. The number of hydrogen-bond acceptors (Lipinski definition) is 4. The Morgan fingerprint density at radius 1 is 1.24 bits per heavy atom. The molecule has 0 saturated carbocycles. The third kappa shape index (κ3) is 6.49. The summed E-state index contributed by atoms with van der Waals surface area (Å²) in [6.07, 6.45) is 0. The fraction of sp³-hybridized carbons (Fsp3) is 0.562. The Balaban J connectivity index is 2.50. The number of nitrogens with one attached hydrogen (secondary N) is 2. The van der Waals surface area contributed by atoms with Crippen LogP contribution in [0.3, 0.4) is 0 Å². The Kier molecular flexibility index (Phi) is 6.49. The highest BCUT2D eigenvalue weighted by Crippen LogP contribution is 2.27. The quantitative estimate of drug-likeness (QED) is 0.808. The van der Waals surface area contributed by atoms with Gasteiger partial charge in [0.2, 0.25) is 5.91 Å². The van der Waals surface area contributed by atoms with Crippen LogP contribution in [-0.4, -0.2) is 31.7 Å². The molecule has 21 heavy (non-hydrogen) atoms. The Hall–Kier alpha value is -1.75. The molecule has 2 N–H and O–H groups in total. The summed E-state index contributed by atoms with van der Waals surface area (Å²) in [5.74, 6) is 1.42. The minimum Gasteiger partial charge on any atom is -0.493 e. The van der Waals surface area contributed by atoms with Crippen molar-refractivity contribution in [2.45, 2.75) is 39.8 Å². The molecule has 1 rings (SSSR count). The molecule has 0 atom stereocenters. The zero-order valence-electron chi connectivity index (χ0n) is 13.6. The average Bonchev–Trinajstić information content (AvgIpc) is 2.38. The largest absolute Gasteiger partial charge is 0.493 e. The van der Waals surface area contributed by atoms with Gasteiger partial charge in [-0.15, -0.1) is 0 Å². The molecule has 1 amide bonds. The highest BCUT2D eigenvalue weighted by atomic mass is 16.5. The van der Waals surface area contributed by atoms with E-state index >= 15 is 0 Å². The molecule has 1 aromatic carbocycles. The first-order chi connectivity index (χ1) is 9.85. The summed E-state index contributed by atoms with van der Waals surface area (Å²) in [5.41, 5.74) is 0.833. The van der Waals surface area contributed by atoms with Crippen molar-refractivity contribution >= 4 is 5.91 Å². The van der Waals surface area contributed by atoms with Crippen molar-refractivity contribution in [1.29, 1.82) is 0 Å². The molecule has 0 spiro atoms. The lowest BCUT2D eigenvalue weighted by Gasteiger charge is -2.20. The van der Waals surface area contributed by atoms with E-state index in [-0.39, 0.29) is 18.0 Å². The first kappa shape index (κ1) is 17.3. The van der Waals surface area contributed by atoms with Gasteiger partial charge in [-0.2, -0.15) is 0 Å². The van der Waals surface area contributed by atoms with Gasteiger partial charge in [-0.25, -0.2) is 0 Å². The monoisotopic (exact) mass is 294 g/mol. The maximum absolute atomic E-state index is 11.7. The van der Waals surface area contributed by atoms with Crippen molar-refractivity contribution in [3.8, 4) is 11.5 Å². The van der Waals surface area contributed by atoms with Crippen LogP contribution in [0.5, 0.6) is 11.5 Å². The van der Waals surface area contributed by atoms with Gasteiger partial charge >= 0.3 is 0 Å². The molecule has 0 heterocycles. The second-order valence-electron chi connectivity index (χ2n) is 5.82. The van der Waals surface area contributed by atoms with Crippen LogP contribution in [0, 0.1) is 0 Å². The minimum absolute atomic E-state index is 0.0135. The number of rotatable bonds is 7. The third-order valence-corrected chi connectivity index (χ3v) is 2.66. The van der Waals surface area contributed by atoms with Crippen LogP contribution in [-0.2, 0) is 11.3 Å². The lowest BCUT2D eigenvalue weighted by molar-refractivity contribution is -0.121. The van der Waals surface area contributed by atoms with E-state index in [1.54, 1.807) is 7.11 Å². The van der Waals surface area contributed by atoms with Gasteiger partial charge in [-0.1, -0.05) is 6.07 Å². The Morgan fingerprint density at radius 2 is 1.95 bits per heavy atom. The number of carbonyl (C=O) groups is 1. The summed E-state index contributed by atoms with van der Waals surface area (Å²) in [6, 6.07) is 5.76. The lowest BCUT2D eigenvalue weighted by atomic mass is 10.1. The smallest absolute Gasteiger partial charge is 0.234 e. The van der Waals surface area contributed by atoms with E-state index in [1.165, 1.54) is 0 Å². The molecule has 0 radical (unpaired) electrons. The van der Waals surface area contributed by atoms with Crippen molar-refractivity contribution in [2.24, 2.45) is 0 Å². The van der Waals surface area contributed by atoms with Crippen molar-refractivity contribution in [1.82, 2.24) is 10.6 Å². The van der Waals surface area contributed by atoms with E-state index in [4.69, 9.17) is 9.47 Å². The molecule has 0 aromatic heterocycles. The van der Waals surface area contributed by atoms with E-state index in [2.05, 4.69) is 10.6 Å². The number of ether oxygens (including phenoxy) is 2. The highest BCUT2D eigenvalue weighted by Gasteiger charge is 2.13. The number of carbonyl (C=O) groups excluding carboxylic acids is 1. The lowest BCUT2D eigenvalue weighted by Crippen LogP contribution is -2.44. The predicted octanol–water partition coefficient (Wildman–Crippen LogP) is 2.10. The molecular weight excluding hydrogens is 268 g/mol. The van der Waals surface area contributed by atoms with E-state index in [9.17, 15) is 4.79 Å². The van der Waals surface area contributed by atoms with Crippen molar-refractivity contribution in [3.05, 3.63) is 23.8 Å². The summed E-state index contributed by atoms with van der Waals surface area (Å²) in [7, 11) is 1.62. The Bertz CT molecular complexity index is 467. The number of methoxy groups -OCH3 is 1. The summed E-state index contributed by atoms with van der Waals surface area (Å²) in [6.45, 7) is 9.30. The number of amides is 1. The van der Waals surface area contributed by atoms with E-state index < -0.39 is 0 Å². The molecule has 0 unspecified atom stereocenters. The molecule has 118 valence electrons. The molecular formula is C16H26N2O3. The predicted molar refractivity (Wildman–Crippen MR) is 83.8 cm³/mol. The topological polar surface area (TPSA) is 59.6 Å². The van der Waals surface area contributed by atoms with Crippen LogP contribution in [0.25, 0.3) is 0 Å². The molecule has 0 aliphatic carbocycles. The van der Waals surface area contributed by atoms with E-state index in [0.717, 1.165) is 11.3 Å². The second kappa shape index (κ2) is 7.88. The highest BCUT2D eigenvalue weighted by molar-refractivity contribution is 5.78. The van der Waals surface area contributed by atoms with Gasteiger partial charge in [-0.3, -0.25) is 4.79 Å². The summed E-state index contributed by atoms with van der Waals surface area (Å²) < 4.78 is 10.8. The number of hydrogen-bond donors (Lipinski definition) is 2. The van der Waals surface area contributed by atoms with Crippen LogP contribution in [0.15, 0.2) is 18.2 Å². The average molecular weight is 294 g/mol. The number of benzene rings is 1. The summed E-state index contributed by atoms with van der Waals surface area (Å²) >= 11 is 0. The van der Waals surface area contributed by atoms with Gasteiger partial charge < -0.3 is 20.1 Å². The minimum atomic E-state index is -0.207. The molecule has 0 aliphatic rings. The molecule has 5 heteroatoms. The van der Waals surface area contributed by atoms with Gasteiger partial charge in [0.25, 0.3) is 0 Å². The molecule has 5 nitrogen and oxygen atoms in total. The Labute approximate surface area is 127 Å². The van der Waals surface area contributed by atoms with Gasteiger partial charge in [0.05, 0.1) is 20.3 Å². The summed E-state index contributed by atoms with van der Waals surface area (Å²) in [5, 5.41) is 6.03.